The van der Waals surface area contributed by atoms with E-state index in [1.165, 1.54) is 0 Å². The van der Waals surface area contributed by atoms with Crippen LogP contribution < -0.4 is 16.4 Å². The van der Waals surface area contributed by atoms with Gasteiger partial charge in [-0.3, -0.25) is 0 Å². The highest BCUT2D eigenvalue weighted by atomic mass is 15.1. The van der Waals surface area contributed by atoms with Crippen LogP contribution in [0.15, 0.2) is 12.4 Å². The summed E-state index contributed by atoms with van der Waals surface area (Å²) in [4.78, 5) is 10.4. The van der Waals surface area contributed by atoms with Crippen molar-refractivity contribution >= 4 is 11.6 Å². The predicted octanol–water partition coefficient (Wildman–Crippen LogP) is 0.599. The summed E-state index contributed by atoms with van der Waals surface area (Å²) in [6.45, 7) is 6.42. The topological polar surface area (TPSA) is 79.1 Å². The zero-order chi connectivity index (χ0) is 13.6. The standard InChI is InChI=1S/C12H24N6/c1-12(2,13)8-15-11-7-10(16-9-17-11)14-5-6-18(3)4/h7,9H,5-6,8,13H2,1-4H3,(H2,14,15,16,17). The van der Waals surface area contributed by atoms with Crippen LogP contribution in [0.5, 0.6) is 0 Å². The number of hydrogen-bond donors (Lipinski definition) is 3. The summed E-state index contributed by atoms with van der Waals surface area (Å²) in [6.07, 6.45) is 1.55. The highest BCUT2D eigenvalue weighted by molar-refractivity contribution is 5.46. The van der Waals surface area contributed by atoms with E-state index in [-0.39, 0.29) is 5.54 Å². The molecule has 1 aromatic heterocycles. The van der Waals surface area contributed by atoms with Crippen LogP contribution in [0.25, 0.3) is 0 Å². The SMILES string of the molecule is CN(C)CCNc1cc(NCC(C)(C)N)ncn1. The largest absolute Gasteiger partial charge is 0.369 e. The van der Waals surface area contributed by atoms with Gasteiger partial charge in [0.1, 0.15) is 18.0 Å². The molecule has 0 atom stereocenters. The molecule has 0 aromatic carbocycles. The highest BCUT2D eigenvalue weighted by Gasteiger charge is 2.10. The van der Waals surface area contributed by atoms with Crippen LogP contribution in [0.4, 0.5) is 11.6 Å². The van der Waals surface area contributed by atoms with Crippen LogP contribution in [0.2, 0.25) is 0 Å². The Bertz CT molecular complexity index is 358. The Labute approximate surface area is 109 Å². The van der Waals surface area contributed by atoms with Crippen LogP contribution >= 0.6 is 0 Å². The summed E-state index contributed by atoms with van der Waals surface area (Å²) in [6, 6.07) is 1.89. The summed E-state index contributed by atoms with van der Waals surface area (Å²) in [5, 5.41) is 6.45. The monoisotopic (exact) mass is 252 g/mol. The molecule has 0 saturated heterocycles. The first-order valence-electron chi connectivity index (χ1n) is 6.10. The molecule has 0 amide bonds. The van der Waals surface area contributed by atoms with Crippen molar-refractivity contribution in [1.29, 1.82) is 0 Å². The number of likely N-dealkylation sites (N-methyl/N-ethyl adjacent to an activating group) is 1. The van der Waals surface area contributed by atoms with Crippen molar-refractivity contribution in [2.45, 2.75) is 19.4 Å². The van der Waals surface area contributed by atoms with Crippen LogP contribution in [0, 0.1) is 0 Å². The highest BCUT2D eigenvalue weighted by Crippen LogP contribution is 2.09. The fourth-order valence-electron chi connectivity index (χ4n) is 1.28. The van der Waals surface area contributed by atoms with Crippen LogP contribution in [-0.4, -0.2) is 54.1 Å². The lowest BCUT2D eigenvalue weighted by Gasteiger charge is -2.19. The maximum atomic E-state index is 5.91. The van der Waals surface area contributed by atoms with Gasteiger partial charge in [-0.2, -0.15) is 0 Å². The van der Waals surface area contributed by atoms with Gasteiger partial charge < -0.3 is 21.3 Å². The Balaban J connectivity index is 2.46. The number of nitrogens with one attached hydrogen (secondary N) is 2. The zero-order valence-electron chi connectivity index (χ0n) is 11.7. The van der Waals surface area contributed by atoms with Crippen molar-refractivity contribution in [3.8, 4) is 0 Å². The second-order valence-electron chi connectivity index (χ2n) is 5.36. The predicted molar refractivity (Wildman–Crippen MR) is 75.8 cm³/mol. The molecule has 1 aromatic rings. The van der Waals surface area contributed by atoms with Crippen molar-refractivity contribution < 1.29 is 0 Å². The van der Waals surface area contributed by atoms with E-state index in [1.54, 1.807) is 6.33 Å². The Morgan fingerprint density at radius 2 is 1.83 bits per heavy atom. The maximum Gasteiger partial charge on any atom is 0.131 e. The third kappa shape index (κ3) is 6.36. The Kier molecular flexibility index (Phi) is 5.30. The number of aromatic nitrogens is 2. The molecule has 102 valence electrons. The van der Waals surface area contributed by atoms with Crippen LogP contribution in [0.3, 0.4) is 0 Å². The minimum atomic E-state index is -0.260. The van der Waals surface area contributed by atoms with Gasteiger partial charge in [0.05, 0.1) is 0 Å². The average molecular weight is 252 g/mol. The van der Waals surface area contributed by atoms with Gasteiger partial charge in [-0.15, -0.1) is 0 Å². The molecule has 0 radical (unpaired) electrons. The molecular formula is C12H24N6. The van der Waals surface area contributed by atoms with Crippen LogP contribution in [-0.2, 0) is 0 Å². The third-order valence-electron chi connectivity index (χ3n) is 2.26. The number of hydrogen-bond acceptors (Lipinski definition) is 6. The molecule has 18 heavy (non-hydrogen) atoms. The molecule has 0 aliphatic heterocycles. The molecule has 0 fully saturated rings. The first kappa shape index (κ1) is 14.7. The number of anilines is 2. The lowest BCUT2D eigenvalue weighted by Crippen LogP contribution is -2.39. The van der Waals surface area contributed by atoms with Crippen LogP contribution in [0.1, 0.15) is 13.8 Å². The molecule has 0 saturated carbocycles. The molecule has 4 N–H and O–H groups in total. The van der Waals surface area contributed by atoms with Gasteiger partial charge in [0, 0.05) is 31.2 Å². The second-order valence-corrected chi connectivity index (χ2v) is 5.36. The first-order chi connectivity index (χ1) is 8.37. The smallest absolute Gasteiger partial charge is 0.131 e. The van der Waals surface area contributed by atoms with Crippen molar-refractivity contribution in [3.63, 3.8) is 0 Å². The molecule has 0 aliphatic rings. The van der Waals surface area contributed by atoms with Crippen molar-refractivity contribution in [2.24, 2.45) is 5.73 Å². The van der Waals surface area contributed by atoms with Crippen molar-refractivity contribution in [3.05, 3.63) is 12.4 Å². The molecule has 1 heterocycles. The molecule has 0 unspecified atom stereocenters. The van der Waals surface area contributed by atoms with Gasteiger partial charge in [-0.05, 0) is 27.9 Å². The third-order valence-corrected chi connectivity index (χ3v) is 2.26. The van der Waals surface area contributed by atoms with E-state index < -0.39 is 0 Å². The summed E-state index contributed by atoms with van der Waals surface area (Å²) in [5.74, 6) is 1.61. The quantitative estimate of drug-likeness (QED) is 0.659. The number of rotatable bonds is 7. The minimum Gasteiger partial charge on any atom is -0.369 e. The molecular weight excluding hydrogens is 228 g/mol. The van der Waals surface area contributed by atoms with Gasteiger partial charge in [0.15, 0.2) is 0 Å². The zero-order valence-corrected chi connectivity index (χ0v) is 11.7. The summed E-state index contributed by atoms with van der Waals surface area (Å²) in [7, 11) is 4.08. The van der Waals surface area contributed by atoms with E-state index in [2.05, 4.69) is 25.5 Å². The van der Waals surface area contributed by atoms with Crippen molar-refractivity contribution in [2.75, 3.05) is 44.4 Å². The maximum absolute atomic E-state index is 5.91. The fraction of sp³-hybridized carbons (Fsp3) is 0.667. The Morgan fingerprint density at radius 1 is 1.22 bits per heavy atom. The Morgan fingerprint density at radius 3 is 2.39 bits per heavy atom. The first-order valence-corrected chi connectivity index (χ1v) is 6.10. The molecule has 0 bridgehead atoms. The van der Waals surface area contributed by atoms with E-state index >= 15 is 0 Å². The molecule has 0 aliphatic carbocycles. The average Bonchev–Trinajstić information content (AvgIpc) is 2.26. The number of nitrogens with zero attached hydrogens (tertiary/aromatic N) is 3. The van der Waals surface area contributed by atoms with Gasteiger partial charge in [-0.1, -0.05) is 0 Å². The van der Waals surface area contributed by atoms with E-state index in [0.717, 1.165) is 24.7 Å². The van der Waals surface area contributed by atoms with E-state index in [1.807, 2.05) is 34.0 Å². The molecule has 6 nitrogen and oxygen atoms in total. The van der Waals surface area contributed by atoms with Crippen molar-refractivity contribution in [1.82, 2.24) is 14.9 Å². The Hall–Kier alpha value is -1.40. The number of nitrogens with two attached hydrogens (primary N) is 1. The molecule has 6 heteroatoms. The second kappa shape index (κ2) is 6.51. The minimum absolute atomic E-state index is 0.260. The normalized spacial score (nSPS) is 11.7. The molecule has 1 rings (SSSR count). The van der Waals surface area contributed by atoms with Gasteiger partial charge in [0.25, 0.3) is 0 Å². The van der Waals surface area contributed by atoms with E-state index in [0.29, 0.717) is 6.54 Å². The summed E-state index contributed by atoms with van der Waals surface area (Å²) >= 11 is 0. The lowest BCUT2D eigenvalue weighted by molar-refractivity contribution is 0.425. The lowest BCUT2D eigenvalue weighted by atomic mass is 10.1. The van der Waals surface area contributed by atoms with Gasteiger partial charge in [0.2, 0.25) is 0 Å². The fourth-order valence-corrected chi connectivity index (χ4v) is 1.28. The summed E-state index contributed by atoms with van der Waals surface area (Å²) < 4.78 is 0. The summed E-state index contributed by atoms with van der Waals surface area (Å²) in [5.41, 5.74) is 5.65. The van der Waals surface area contributed by atoms with E-state index in [9.17, 15) is 0 Å². The molecule has 0 spiro atoms. The van der Waals surface area contributed by atoms with Gasteiger partial charge in [-0.25, -0.2) is 9.97 Å². The van der Waals surface area contributed by atoms with E-state index in [4.69, 9.17) is 5.73 Å². The van der Waals surface area contributed by atoms with Gasteiger partial charge >= 0.3 is 0 Å².